The van der Waals surface area contributed by atoms with Crippen molar-refractivity contribution in [1.82, 2.24) is 10.2 Å². The molecular formula is C9H13N3O3. The molecule has 15 heavy (non-hydrogen) atoms. The van der Waals surface area contributed by atoms with Crippen molar-refractivity contribution in [1.29, 1.82) is 0 Å². The molecule has 2 rings (SSSR count). The lowest BCUT2D eigenvalue weighted by molar-refractivity contribution is -0.135. The van der Waals surface area contributed by atoms with Gasteiger partial charge >= 0.3 is 0 Å². The Bertz CT molecular complexity index is 329. The molecule has 0 aliphatic carbocycles. The Morgan fingerprint density at radius 1 is 1.40 bits per heavy atom. The highest BCUT2D eigenvalue weighted by Gasteiger charge is 2.45. The number of nitrogens with zero attached hydrogens (tertiary/aromatic N) is 1. The van der Waals surface area contributed by atoms with Crippen molar-refractivity contribution in [3.63, 3.8) is 0 Å². The average molecular weight is 211 g/mol. The topological polar surface area (TPSA) is 92.5 Å². The second-order valence-electron chi connectivity index (χ2n) is 3.90. The Labute approximate surface area is 86.8 Å². The number of carbonyl (C=O) groups excluding carboxylic acids is 3. The second-order valence-corrected chi connectivity index (χ2v) is 3.90. The Hall–Kier alpha value is -1.43. The number of amides is 3. The van der Waals surface area contributed by atoms with Gasteiger partial charge in [0, 0.05) is 13.1 Å². The minimum Gasteiger partial charge on any atom is -0.341 e. The summed E-state index contributed by atoms with van der Waals surface area (Å²) in [6.07, 6.45) is 0.550. The minimum atomic E-state index is -0.373. The van der Waals surface area contributed by atoms with Crippen LogP contribution in [0.25, 0.3) is 0 Å². The summed E-state index contributed by atoms with van der Waals surface area (Å²) in [4.78, 5) is 35.6. The molecule has 0 bridgehead atoms. The fourth-order valence-corrected chi connectivity index (χ4v) is 2.19. The van der Waals surface area contributed by atoms with Gasteiger partial charge < -0.3 is 10.6 Å². The predicted octanol–water partition coefficient (Wildman–Crippen LogP) is -1.93. The van der Waals surface area contributed by atoms with Gasteiger partial charge in [-0.05, 0) is 6.42 Å². The number of nitrogens with one attached hydrogen (secondary N) is 1. The summed E-state index contributed by atoms with van der Waals surface area (Å²) in [5.74, 6) is -1.26. The third-order valence-electron chi connectivity index (χ3n) is 3.06. The number of likely N-dealkylation sites (tertiary alicyclic amines) is 1. The molecule has 2 atom stereocenters. The highest BCUT2D eigenvalue weighted by Crippen LogP contribution is 2.28. The van der Waals surface area contributed by atoms with Crippen LogP contribution in [-0.2, 0) is 14.4 Å². The number of hydrogen-bond acceptors (Lipinski definition) is 4. The van der Waals surface area contributed by atoms with Crippen LogP contribution in [0.5, 0.6) is 0 Å². The third-order valence-corrected chi connectivity index (χ3v) is 3.06. The van der Waals surface area contributed by atoms with Crippen molar-refractivity contribution in [3.8, 4) is 0 Å². The van der Waals surface area contributed by atoms with Crippen molar-refractivity contribution >= 4 is 17.7 Å². The number of hydrogen-bond donors (Lipinski definition) is 2. The molecule has 2 aliphatic rings. The minimum absolute atomic E-state index is 0.0487. The van der Waals surface area contributed by atoms with E-state index < -0.39 is 0 Å². The van der Waals surface area contributed by atoms with E-state index in [-0.39, 0.29) is 36.1 Å². The molecule has 6 heteroatoms. The number of fused-ring (bicyclic) bond motifs is 1. The van der Waals surface area contributed by atoms with Gasteiger partial charge in [-0.1, -0.05) is 0 Å². The summed E-state index contributed by atoms with van der Waals surface area (Å²) >= 11 is 0. The van der Waals surface area contributed by atoms with E-state index in [4.69, 9.17) is 5.73 Å². The van der Waals surface area contributed by atoms with Gasteiger partial charge in [0.05, 0.1) is 18.4 Å². The van der Waals surface area contributed by atoms with Crippen molar-refractivity contribution in [2.75, 3.05) is 19.6 Å². The van der Waals surface area contributed by atoms with E-state index in [2.05, 4.69) is 5.32 Å². The normalized spacial score (nSPS) is 30.1. The molecule has 2 saturated heterocycles. The standard InChI is InChI=1S/C9H13N3O3/c10-3-7(13)12-2-1-5-6(4-12)9(15)11-8(5)14/h5-6H,1-4,10H2,(H,11,14,15). The van der Waals surface area contributed by atoms with Crippen LogP contribution in [0.3, 0.4) is 0 Å². The monoisotopic (exact) mass is 211 g/mol. The molecule has 0 spiro atoms. The highest BCUT2D eigenvalue weighted by molar-refractivity contribution is 6.05. The van der Waals surface area contributed by atoms with Crippen LogP contribution < -0.4 is 11.1 Å². The van der Waals surface area contributed by atoms with Crippen LogP contribution in [0.2, 0.25) is 0 Å². The molecule has 2 fully saturated rings. The number of imide groups is 1. The SMILES string of the molecule is NCC(=O)N1CCC2C(=O)NC(=O)C2C1. The predicted molar refractivity (Wildman–Crippen MR) is 50.4 cm³/mol. The first-order valence-electron chi connectivity index (χ1n) is 4.96. The molecule has 3 N–H and O–H groups in total. The number of piperidine rings is 1. The molecule has 2 aliphatic heterocycles. The summed E-state index contributed by atoms with van der Waals surface area (Å²) in [5.41, 5.74) is 5.24. The van der Waals surface area contributed by atoms with Gasteiger partial charge in [-0.2, -0.15) is 0 Å². The van der Waals surface area contributed by atoms with Crippen molar-refractivity contribution in [2.24, 2.45) is 17.6 Å². The molecule has 0 aromatic carbocycles. The van der Waals surface area contributed by atoms with Crippen LogP contribution >= 0.6 is 0 Å². The van der Waals surface area contributed by atoms with Crippen LogP contribution in [0.4, 0.5) is 0 Å². The van der Waals surface area contributed by atoms with E-state index in [0.29, 0.717) is 19.5 Å². The second kappa shape index (κ2) is 3.62. The maximum absolute atomic E-state index is 11.4. The zero-order valence-corrected chi connectivity index (χ0v) is 8.23. The lowest BCUT2D eigenvalue weighted by Crippen LogP contribution is -2.46. The molecule has 0 radical (unpaired) electrons. The van der Waals surface area contributed by atoms with Gasteiger partial charge in [0.1, 0.15) is 0 Å². The molecule has 0 saturated carbocycles. The summed E-state index contributed by atoms with van der Waals surface area (Å²) in [7, 11) is 0. The van der Waals surface area contributed by atoms with Gasteiger partial charge in [0.15, 0.2) is 0 Å². The molecule has 2 heterocycles. The van der Waals surface area contributed by atoms with Crippen LogP contribution in [0.1, 0.15) is 6.42 Å². The summed E-state index contributed by atoms with van der Waals surface area (Å²) < 4.78 is 0. The summed E-state index contributed by atoms with van der Waals surface area (Å²) in [5, 5.41) is 2.29. The zero-order valence-electron chi connectivity index (χ0n) is 8.23. The van der Waals surface area contributed by atoms with E-state index >= 15 is 0 Å². The average Bonchev–Trinajstić information content (AvgIpc) is 2.53. The maximum Gasteiger partial charge on any atom is 0.236 e. The number of nitrogens with two attached hydrogens (primary N) is 1. The lowest BCUT2D eigenvalue weighted by Gasteiger charge is -2.32. The van der Waals surface area contributed by atoms with Gasteiger partial charge in [-0.3, -0.25) is 19.7 Å². The van der Waals surface area contributed by atoms with Crippen LogP contribution in [-0.4, -0.2) is 42.3 Å². The molecule has 2 unspecified atom stereocenters. The van der Waals surface area contributed by atoms with E-state index in [9.17, 15) is 14.4 Å². The first-order chi connectivity index (χ1) is 7.13. The van der Waals surface area contributed by atoms with Crippen LogP contribution in [0, 0.1) is 11.8 Å². The van der Waals surface area contributed by atoms with Gasteiger partial charge in [0.25, 0.3) is 0 Å². The van der Waals surface area contributed by atoms with Crippen molar-refractivity contribution in [2.45, 2.75) is 6.42 Å². The third kappa shape index (κ3) is 1.61. The van der Waals surface area contributed by atoms with Crippen molar-refractivity contribution in [3.05, 3.63) is 0 Å². The number of carbonyl (C=O) groups is 3. The molecule has 3 amide bonds. The molecular weight excluding hydrogens is 198 g/mol. The fourth-order valence-electron chi connectivity index (χ4n) is 2.19. The maximum atomic E-state index is 11.4. The summed E-state index contributed by atoms with van der Waals surface area (Å²) in [6.45, 7) is 0.781. The Balaban J connectivity index is 2.08. The van der Waals surface area contributed by atoms with E-state index in [1.54, 1.807) is 4.90 Å². The summed E-state index contributed by atoms with van der Waals surface area (Å²) in [6, 6.07) is 0. The van der Waals surface area contributed by atoms with E-state index in [1.807, 2.05) is 0 Å². The molecule has 0 aromatic heterocycles. The largest absolute Gasteiger partial charge is 0.341 e. The first-order valence-corrected chi connectivity index (χ1v) is 4.96. The molecule has 0 aromatic rings. The zero-order chi connectivity index (χ0) is 11.0. The Kier molecular flexibility index (Phi) is 2.44. The molecule has 6 nitrogen and oxygen atoms in total. The quantitative estimate of drug-likeness (QED) is 0.494. The van der Waals surface area contributed by atoms with Gasteiger partial charge in [0.2, 0.25) is 17.7 Å². The highest BCUT2D eigenvalue weighted by atomic mass is 16.2. The fraction of sp³-hybridized carbons (Fsp3) is 0.667. The first kappa shape index (κ1) is 10.1. The smallest absolute Gasteiger partial charge is 0.236 e. The molecule has 82 valence electrons. The Morgan fingerprint density at radius 3 is 2.73 bits per heavy atom. The Morgan fingerprint density at radius 2 is 2.07 bits per heavy atom. The van der Waals surface area contributed by atoms with Gasteiger partial charge in [-0.25, -0.2) is 0 Å². The van der Waals surface area contributed by atoms with E-state index in [1.165, 1.54) is 0 Å². The number of rotatable bonds is 1. The lowest BCUT2D eigenvalue weighted by atomic mass is 9.88. The van der Waals surface area contributed by atoms with Gasteiger partial charge in [-0.15, -0.1) is 0 Å². The van der Waals surface area contributed by atoms with Crippen LogP contribution in [0.15, 0.2) is 0 Å². The van der Waals surface area contributed by atoms with Crippen molar-refractivity contribution < 1.29 is 14.4 Å². The van der Waals surface area contributed by atoms with E-state index in [0.717, 1.165) is 0 Å².